The summed E-state index contributed by atoms with van der Waals surface area (Å²) in [5.41, 5.74) is 1.54. The highest BCUT2D eigenvalue weighted by molar-refractivity contribution is 9.11. The Morgan fingerprint density at radius 2 is 1.76 bits per heavy atom. The van der Waals surface area contributed by atoms with Crippen molar-refractivity contribution >= 4 is 43.5 Å². The molecular weight excluding hydrogens is 394 g/mol. The number of rotatable bonds is 3. The van der Waals surface area contributed by atoms with Gasteiger partial charge in [0.15, 0.2) is 0 Å². The quantitative estimate of drug-likeness (QED) is 0.736. The average molecular weight is 409 g/mol. The number of benzene rings is 2. The third-order valence-electron chi connectivity index (χ3n) is 4.14. The summed E-state index contributed by atoms with van der Waals surface area (Å²) in [6, 6.07) is 15.9. The first-order chi connectivity index (χ1) is 10.1. The molecule has 2 aromatic rings. The second-order valence-electron chi connectivity index (χ2n) is 5.38. The van der Waals surface area contributed by atoms with Gasteiger partial charge in [0.2, 0.25) is 5.91 Å². The van der Waals surface area contributed by atoms with Crippen LogP contribution in [-0.2, 0) is 10.2 Å². The highest BCUT2D eigenvalue weighted by atomic mass is 79.9. The lowest BCUT2D eigenvalue weighted by Gasteiger charge is -2.40. The molecule has 0 aromatic heterocycles. The predicted molar refractivity (Wildman–Crippen MR) is 92.4 cm³/mol. The van der Waals surface area contributed by atoms with Crippen molar-refractivity contribution in [1.82, 2.24) is 0 Å². The SMILES string of the molecule is O=C(Nc1cc(Br)ccc1Br)C1(c2ccccc2)CCC1. The zero-order chi connectivity index (χ0) is 14.9. The predicted octanol–water partition coefficient (Wildman–Crippen LogP) is 5.27. The van der Waals surface area contributed by atoms with Crippen LogP contribution in [-0.4, -0.2) is 5.91 Å². The maximum Gasteiger partial charge on any atom is 0.235 e. The van der Waals surface area contributed by atoms with Crippen molar-refractivity contribution in [3.8, 4) is 0 Å². The van der Waals surface area contributed by atoms with E-state index in [-0.39, 0.29) is 11.3 Å². The molecule has 0 atom stereocenters. The minimum absolute atomic E-state index is 0.0822. The van der Waals surface area contributed by atoms with Crippen molar-refractivity contribution < 1.29 is 4.79 Å². The maximum atomic E-state index is 12.8. The van der Waals surface area contributed by atoms with E-state index in [1.165, 1.54) is 0 Å². The van der Waals surface area contributed by atoms with Gasteiger partial charge >= 0.3 is 0 Å². The number of hydrogen-bond donors (Lipinski definition) is 1. The summed E-state index contributed by atoms with van der Waals surface area (Å²) in [4.78, 5) is 12.8. The molecule has 0 bridgehead atoms. The summed E-state index contributed by atoms with van der Waals surface area (Å²) < 4.78 is 1.84. The van der Waals surface area contributed by atoms with Gasteiger partial charge in [0, 0.05) is 8.95 Å². The Morgan fingerprint density at radius 1 is 1.05 bits per heavy atom. The maximum absolute atomic E-state index is 12.8. The second-order valence-corrected chi connectivity index (χ2v) is 7.15. The fourth-order valence-corrected chi connectivity index (χ4v) is 3.48. The molecule has 0 saturated heterocycles. The van der Waals surface area contributed by atoms with Crippen LogP contribution in [0.3, 0.4) is 0 Å². The van der Waals surface area contributed by atoms with Gasteiger partial charge in [-0.2, -0.15) is 0 Å². The minimum atomic E-state index is -0.372. The van der Waals surface area contributed by atoms with Crippen LogP contribution in [0.25, 0.3) is 0 Å². The first-order valence-corrected chi connectivity index (χ1v) is 8.52. The van der Waals surface area contributed by atoms with Gasteiger partial charge in [-0.15, -0.1) is 0 Å². The zero-order valence-corrected chi connectivity index (χ0v) is 14.6. The van der Waals surface area contributed by atoms with Crippen molar-refractivity contribution in [2.45, 2.75) is 24.7 Å². The number of nitrogens with one attached hydrogen (secondary N) is 1. The zero-order valence-electron chi connectivity index (χ0n) is 11.4. The molecule has 2 aromatic carbocycles. The van der Waals surface area contributed by atoms with Gasteiger partial charge in [-0.3, -0.25) is 4.79 Å². The number of halogens is 2. The lowest BCUT2D eigenvalue weighted by Crippen LogP contribution is -2.46. The second kappa shape index (κ2) is 5.93. The molecule has 0 spiro atoms. The molecule has 0 aliphatic heterocycles. The highest BCUT2D eigenvalue weighted by Gasteiger charge is 2.45. The third kappa shape index (κ3) is 2.79. The van der Waals surface area contributed by atoms with Crippen molar-refractivity contribution in [3.63, 3.8) is 0 Å². The molecule has 4 heteroatoms. The molecule has 108 valence electrons. The van der Waals surface area contributed by atoms with Crippen LogP contribution in [0.5, 0.6) is 0 Å². The van der Waals surface area contributed by atoms with Crippen LogP contribution in [0.1, 0.15) is 24.8 Å². The van der Waals surface area contributed by atoms with E-state index in [0.717, 1.165) is 39.5 Å². The van der Waals surface area contributed by atoms with E-state index >= 15 is 0 Å². The molecule has 1 amide bonds. The standard InChI is InChI=1S/C17H15Br2NO/c18-13-7-8-14(19)15(11-13)20-16(21)17(9-4-10-17)12-5-2-1-3-6-12/h1-3,5-8,11H,4,9-10H2,(H,20,21). The third-order valence-corrected chi connectivity index (χ3v) is 5.33. The van der Waals surface area contributed by atoms with E-state index < -0.39 is 0 Å². The summed E-state index contributed by atoms with van der Waals surface area (Å²) in [7, 11) is 0. The summed E-state index contributed by atoms with van der Waals surface area (Å²) >= 11 is 6.93. The summed E-state index contributed by atoms with van der Waals surface area (Å²) in [6.45, 7) is 0. The number of amides is 1. The molecule has 1 aliphatic carbocycles. The van der Waals surface area contributed by atoms with Crippen molar-refractivity contribution in [3.05, 3.63) is 63.0 Å². The van der Waals surface area contributed by atoms with E-state index in [2.05, 4.69) is 49.3 Å². The Hall–Kier alpha value is -1.13. The fourth-order valence-electron chi connectivity index (χ4n) is 2.77. The van der Waals surface area contributed by atoms with Gasteiger partial charge in [-0.25, -0.2) is 0 Å². The Bertz CT molecular complexity index is 666. The van der Waals surface area contributed by atoms with Crippen molar-refractivity contribution in [2.75, 3.05) is 5.32 Å². The minimum Gasteiger partial charge on any atom is -0.324 e. The molecule has 1 fully saturated rings. The molecular formula is C17H15Br2NO. The lowest BCUT2D eigenvalue weighted by molar-refractivity contribution is -0.124. The van der Waals surface area contributed by atoms with Gasteiger partial charge in [-0.05, 0) is 52.5 Å². The summed E-state index contributed by atoms with van der Waals surface area (Å²) in [5, 5.41) is 3.08. The van der Waals surface area contributed by atoms with Crippen LogP contribution in [0, 0.1) is 0 Å². The molecule has 1 N–H and O–H groups in total. The monoisotopic (exact) mass is 407 g/mol. The smallest absolute Gasteiger partial charge is 0.235 e. The van der Waals surface area contributed by atoms with Gasteiger partial charge in [0.05, 0.1) is 11.1 Å². The van der Waals surface area contributed by atoms with Crippen LogP contribution >= 0.6 is 31.9 Å². The van der Waals surface area contributed by atoms with Crippen LogP contribution in [0.2, 0.25) is 0 Å². The first kappa shape index (κ1) is 14.8. The lowest BCUT2D eigenvalue weighted by atomic mass is 9.64. The molecule has 0 heterocycles. The largest absolute Gasteiger partial charge is 0.324 e. The number of carbonyl (C=O) groups is 1. The van der Waals surface area contributed by atoms with E-state index in [1.807, 2.05) is 36.4 Å². The molecule has 1 aliphatic rings. The molecule has 3 rings (SSSR count). The Balaban J connectivity index is 1.89. The van der Waals surface area contributed by atoms with Crippen LogP contribution in [0.15, 0.2) is 57.5 Å². The van der Waals surface area contributed by atoms with Crippen LogP contribution in [0.4, 0.5) is 5.69 Å². The number of anilines is 1. The molecule has 21 heavy (non-hydrogen) atoms. The first-order valence-electron chi connectivity index (χ1n) is 6.94. The van der Waals surface area contributed by atoms with E-state index in [1.54, 1.807) is 0 Å². The van der Waals surface area contributed by atoms with Gasteiger partial charge in [-0.1, -0.05) is 52.7 Å². The highest BCUT2D eigenvalue weighted by Crippen LogP contribution is 2.45. The number of carbonyl (C=O) groups excluding carboxylic acids is 1. The molecule has 0 unspecified atom stereocenters. The van der Waals surface area contributed by atoms with E-state index in [0.29, 0.717) is 0 Å². The van der Waals surface area contributed by atoms with Gasteiger partial charge < -0.3 is 5.32 Å². The normalized spacial score (nSPS) is 16.1. The topological polar surface area (TPSA) is 29.1 Å². The molecule has 0 radical (unpaired) electrons. The molecule has 2 nitrogen and oxygen atoms in total. The number of hydrogen-bond acceptors (Lipinski definition) is 1. The van der Waals surface area contributed by atoms with E-state index in [9.17, 15) is 4.79 Å². The fraction of sp³-hybridized carbons (Fsp3) is 0.235. The Labute approximate surface area is 141 Å². The Kier molecular flexibility index (Phi) is 4.18. The van der Waals surface area contributed by atoms with Gasteiger partial charge in [0.1, 0.15) is 0 Å². The summed E-state index contributed by atoms with van der Waals surface area (Å²) in [6.07, 6.45) is 2.92. The van der Waals surface area contributed by atoms with Gasteiger partial charge in [0.25, 0.3) is 0 Å². The average Bonchev–Trinajstić information content (AvgIpc) is 2.43. The van der Waals surface area contributed by atoms with E-state index in [4.69, 9.17) is 0 Å². The van der Waals surface area contributed by atoms with Crippen molar-refractivity contribution in [1.29, 1.82) is 0 Å². The Morgan fingerprint density at radius 3 is 2.38 bits per heavy atom. The molecule has 1 saturated carbocycles. The van der Waals surface area contributed by atoms with Crippen molar-refractivity contribution in [2.24, 2.45) is 0 Å². The van der Waals surface area contributed by atoms with Crippen LogP contribution < -0.4 is 5.32 Å². The summed E-state index contributed by atoms with van der Waals surface area (Å²) in [5.74, 6) is 0.0822.